The third-order valence-corrected chi connectivity index (χ3v) is 1.33. The van der Waals surface area contributed by atoms with Gasteiger partial charge in [0.2, 0.25) is 0 Å². The van der Waals surface area contributed by atoms with Crippen molar-refractivity contribution in [2.24, 2.45) is 0 Å². The van der Waals surface area contributed by atoms with E-state index in [1.165, 1.54) is 0 Å². The van der Waals surface area contributed by atoms with Gasteiger partial charge in [-0.15, -0.1) is 25.3 Å². The number of thiol groups is 2. The Hall–Kier alpha value is -0.600. The molecule has 0 saturated carbocycles. The lowest BCUT2D eigenvalue weighted by Gasteiger charge is -2.06. The minimum Gasteiger partial charge on any atom is -0.459 e. The van der Waals surface area contributed by atoms with Gasteiger partial charge in [-0.2, -0.15) is 5.26 Å². The third-order valence-electron chi connectivity index (χ3n) is 0.882. The Morgan fingerprint density at radius 1 is 1.50 bits per heavy atom. The van der Waals surface area contributed by atoms with Gasteiger partial charge in [-0.05, 0) is 13.8 Å². The first kappa shape index (κ1) is 11.4. The highest BCUT2D eigenvalue weighted by atomic mass is 32.2. The average molecular weight is 203 g/mol. The van der Waals surface area contributed by atoms with Crippen molar-refractivity contribution in [2.75, 3.05) is 0 Å². The average Bonchev–Trinajstić information content (AvgIpc) is 1.85. The van der Waals surface area contributed by atoms with Crippen LogP contribution in [0.4, 0.5) is 0 Å². The molecule has 0 spiro atoms. The first-order valence-electron chi connectivity index (χ1n) is 3.22. The highest BCUT2D eigenvalue weighted by Crippen LogP contribution is 2.14. The second-order valence-corrected chi connectivity index (χ2v) is 3.51. The van der Waals surface area contributed by atoms with Gasteiger partial charge in [0.15, 0.2) is 5.57 Å². The number of carbonyl (C=O) groups is 1. The molecule has 0 bridgehead atoms. The van der Waals surface area contributed by atoms with Crippen LogP contribution in [0.15, 0.2) is 9.81 Å². The molecule has 0 radical (unpaired) electrons. The zero-order valence-electron chi connectivity index (χ0n) is 6.74. The molecule has 0 atom stereocenters. The predicted molar refractivity (Wildman–Crippen MR) is 51.8 cm³/mol. The summed E-state index contributed by atoms with van der Waals surface area (Å²) in [6.45, 7) is 3.40. The molecule has 0 unspecified atom stereocenters. The second kappa shape index (κ2) is 5.12. The minimum atomic E-state index is -0.688. The number of esters is 1. The van der Waals surface area contributed by atoms with Crippen LogP contribution in [0.25, 0.3) is 0 Å². The molecule has 0 aromatic heterocycles. The summed E-state index contributed by atoms with van der Waals surface area (Å²) >= 11 is 7.51. The second-order valence-electron chi connectivity index (χ2n) is 2.26. The molecule has 0 fully saturated rings. The molecule has 66 valence electrons. The molecular weight excluding hydrogens is 194 g/mol. The van der Waals surface area contributed by atoms with E-state index in [1.54, 1.807) is 19.9 Å². The molecular formula is C7H9NO2S2. The number of hydrogen-bond acceptors (Lipinski definition) is 5. The molecule has 0 aliphatic rings. The number of rotatable bonds is 2. The fourth-order valence-corrected chi connectivity index (χ4v) is 0.743. The van der Waals surface area contributed by atoms with Crippen molar-refractivity contribution >= 4 is 31.2 Å². The molecule has 0 heterocycles. The van der Waals surface area contributed by atoms with Crippen LogP contribution < -0.4 is 0 Å². The van der Waals surface area contributed by atoms with E-state index in [0.29, 0.717) is 0 Å². The molecule has 0 aliphatic carbocycles. The smallest absolute Gasteiger partial charge is 0.350 e. The summed E-state index contributed by atoms with van der Waals surface area (Å²) in [6.07, 6.45) is -0.248. The van der Waals surface area contributed by atoms with Crippen molar-refractivity contribution in [3.63, 3.8) is 0 Å². The summed E-state index contributed by atoms with van der Waals surface area (Å²) in [7, 11) is 0. The maximum atomic E-state index is 11.0. The zero-order valence-corrected chi connectivity index (χ0v) is 8.52. The van der Waals surface area contributed by atoms with Crippen LogP contribution in [-0.4, -0.2) is 12.1 Å². The Bertz CT molecular complexity index is 249. The van der Waals surface area contributed by atoms with E-state index in [0.717, 1.165) is 0 Å². The molecule has 0 N–H and O–H groups in total. The molecule has 12 heavy (non-hydrogen) atoms. The fourth-order valence-electron chi connectivity index (χ4n) is 0.460. The molecule has 0 aromatic carbocycles. The molecule has 5 heteroatoms. The maximum Gasteiger partial charge on any atom is 0.350 e. The first-order valence-corrected chi connectivity index (χ1v) is 4.11. The molecule has 0 aromatic rings. The Morgan fingerprint density at radius 3 is 2.25 bits per heavy atom. The van der Waals surface area contributed by atoms with Crippen molar-refractivity contribution in [3.05, 3.63) is 9.81 Å². The van der Waals surface area contributed by atoms with Gasteiger partial charge >= 0.3 is 5.97 Å². The number of hydrogen-bond donors (Lipinski definition) is 2. The van der Waals surface area contributed by atoms with Gasteiger partial charge in [-0.1, -0.05) is 0 Å². The summed E-state index contributed by atoms with van der Waals surface area (Å²) < 4.78 is 4.82. The molecule has 0 aliphatic heterocycles. The normalized spacial score (nSPS) is 9.00. The predicted octanol–water partition coefficient (Wildman–Crippen LogP) is 1.53. The van der Waals surface area contributed by atoms with Gasteiger partial charge in [-0.25, -0.2) is 4.79 Å². The van der Waals surface area contributed by atoms with E-state index in [-0.39, 0.29) is 15.9 Å². The Balaban J connectivity index is 4.49. The van der Waals surface area contributed by atoms with Gasteiger partial charge < -0.3 is 4.74 Å². The third kappa shape index (κ3) is 3.69. The number of carbonyl (C=O) groups excluding carboxylic acids is 1. The van der Waals surface area contributed by atoms with Gasteiger partial charge in [0.1, 0.15) is 6.07 Å². The van der Waals surface area contributed by atoms with Crippen LogP contribution in [-0.2, 0) is 9.53 Å². The summed E-state index contributed by atoms with van der Waals surface area (Å²) in [5.74, 6) is -0.688. The summed E-state index contributed by atoms with van der Waals surface area (Å²) in [5, 5.41) is 8.47. The van der Waals surface area contributed by atoms with Crippen molar-refractivity contribution in [1.29, 1.82) is 5.26 Å². The largest absolute Gasteiger partial charge is 0.459 e. The van der Waals surface area contributed by atoms with Crippen LogP contribution in [0.3, 0.4) is 0 Å². The number of nitrogens with zero attached hydrogens (tertiary/aromatic N) is 1. The zero-order chi connectivity index (χ0) is 9.72. The SMILES string of the molecule is CC(C)OC(=O)C(C#N)=C(S)S. The lowest BCUT2D eigenvalue weighted by atomic mass is 10.3. The van der Waals surface area contributed by atoms with E-state index in [1.807, 2.05) is 0 Å². The first-order chi connectivity index (χ1) is 5.49. The number of nitriles is 1. The highest BCUT2D eigenvalue weighted by molar-refractivity contribution is 8.05. The van der Waals surface area contributed by atoms with E-state index < -0.39 is 5.97 Å². The topological polar surface area (TPSA) is 50.1 Å². The minimum absolute atomic E-state index is 0.0724. The van der Waals surface area contributed by atoms with Gasteiger partial charge in [0, 0.05) is 0 Å². The summed E-state index contributed by atoms with van der Waals surface area (Å²) in [5.41, 5.74) is -0.171. The quantitative estimate of drug-likeness (QED) is 0.310. The van der Waals surface area contributed by atoms with Gasteiger partial charge in [0.25, 0.3) is 0 Å². The molecule has 0 amide bonds. The van der Waals surface area contributed by atoms with Crippen LogP contribution >= 0.6 is 25.3 Å². The summed E-state index contributed by atoms with van der Waals surface area (Å²) in [6, 6.07) is 1.66. The van der Waals surface area contributed by atoms with Crippen LogP contribution in [0.2, 0.25) is 0 Å². The van der Waals surface area contributed by atoms with E-state index in [2.05, 4.69) is 25.3 Å². The Labute approximate surface area is 82.2 Å². The van der Waals surface area contributed by atoms with E-state index >= 15 is 0 Å². The standard InChI is InChI=1S/C7H9NO2S2/c1-4(2)10-6(9)5(3-8)7(11)12/h4,11-12H,1-2H3. The summed E-state index contributed by atoms with van der Waals surface area (Å²) in [4.78, 5) is 11.0. The lowest BCUT2D eigenvalue weighted by molar-refractivity contribution is -0.142. The van der Waals surface area contributed by atoms with Crippen LogP contribution in [0.5, 0.6) is 0 Å². The lowest BCUT2D eigenvalue weighted by Crippen LogP contribution is -2.13. The Morgan fingerprint density at radius 2 is 2.00 bits per heavy atom. The molecule has 3 nitrogen and oxygen atoms in total. The highest BCUT2D eigenvalue weighted by Gasteiger charge is 2.14. The van der Waals surface area contributed by atoms with Crippen LogP contribution in [0, 0.1) is 11.3 Å². The van der Waals surface area contributed by atoms with Crippen molar-refractivity contribution in [3.8, 4) is 6.07 Å². The van der Waals surface area contributed by atoms with Crippen LogP contribution in [0.1, 0.15) is 13.8 Å². The maximum absolute atomic E-state index is 11.0. The fraction of sp³-hybridized carbons (Fsp3) is 0.429. The molecule has 0 rings (SSSR count). The Kier molecular flexibility index (Phi) is 4.86. The van der Waals surface area contributed by atoms with Crippen molar-refractivity contribution in [1.82, 2.24) is 0 Å². The van der Waals surface area contributed by atoms with Crippen molar-refractivity contribution in [2.45, 2.75) is 20.0 Å². The monoisotopic (exact) mass is 203 g/mol. The van der Waals surface area contributed by atoms with Gasteiger partial charge in [-0.3, -0.25) is 0 Å². The number of ether oxygens (including phenoxy) is 1. The van der Waals surface area contributed by atoms with E-state index in [4.69, 9.17) is 10.00 Å². The molecule has 0 saturated heterocycles. The van der Waals surface area contributed by atoms with Crippen molar-refractivity contribution < 1.29 is 9.53 Å². The van der Waals surface area contributed by atoms with E-state index in [9.17, 15) is 4.79 Å². The van der Waals surface area contributed by atoms with Gasteiger partial charge in [0.05, 0.1) is 10.3 Å².